The SMILES string of the molecule is CCN(Cc1ccccc1B(O)O)Cc1c2ccccc2cc2ccccc12. The lowest BCUT2D eigenvalue weighted by Crippen LogP contribution is -2.35. The third-order valence-electron chi connectivity index (χ3n) is 5.44. The molecule has 0 bridgehead atoms. The summed E-state index contributed by atoms with van der Waals surface area (Å²) in [6.07, 6.45) is 0. The van der Waals surface area contributed by atoms with Crippen molar-refractivity contribution >= 4 is 34.1 Å². The second-order valence-electron chi connectivity index (χ2n) is 7.17. The molecule has 3 nitrogen and oxygen atoms in total. The van der Waals surface area contributed by atoms with E-state index in [9.17, 15) is 10.0 Å². The Hall–Kier alpha value is -2.66. The first-order chi connectivity index (χ1) is 13.7. The largest absolute Gasteiger partial charge is 0.488 e. The maximum absolute atomic E-state index is 9.70. The van der Waals surface area contributed by atoms with Crippen LogP contribution in [-0.4, -0.2) is 28.6 Å². The van der Waals surface area contributed by atoms with Gasteiger partial charge >= 0.3 is 7.12 Å². The van der Waals surface area contributed by atoms with Crippen molar-refractivity contribution in [3.63, 3.8) is 0 Å². The van der Waals surface area contributed by atoms with Crippen molar-refractivity contribution in [2.45, 2.75) is 20.0 Å². The summed E-state index contributed by atoms with van der Waals surface area (Å²) in [4.78, 5) is 2.34. The molecule has 0 spiro atoms. The van der Waals surface area contributed by atoms with Crippen molar-refractivity contribution in [1.82, 2.24) is 4.90 Å². The van der Waals surface area contributed by atoms with Crippen LogP contribution in [0.5, 0.6) is 0 Å². The summed E-state index contributed by atoms with van der Waals surface area (Å²) in [6.45, 7) is 4.48. The highest BCUT2D eigenvalue weighted by atomic mass is 16.4. The average Bonchev–Trinajstić information content (AvgIpc) is 2.73. The minimum absolute atomic E-state index is 0.573. The van der Waals surface area contributed by atoms with Crippen molar-refractivity contribution in [2.24, 2.45) is 0 Å². The van der Waals surface area contributed by atoms with Gasteiger partial charge in [-0.25, -0.2) is 0 Å². The van der Waals surface area contributed by atoms with Gasteiger partial charge in [-0.15, -0.1) is 0 Å². The van der Waals surface area contributed by atoms with Crippen LogP contribution in [0.4, 0.5) is 0 Å². The first-order valence-corrected chi connectivity index (χ1v) is 9.73. The van der Waals surface area contributed by atoms with Gasteiger partial charge in [0.05, 0.1) is 0 Å². The average molecular weight is 369 g/mol. The van der Waals surface area contributed by atoms with Crippen molar-refractivity contribution in [3.05, 3.63) is 90.0 Å². The molecular formula is C24H24BNO2. The fraction of sp³-hybridized carbons (Fsp3) is 0.167. The van der Waals surface area contributed by atoms with Gasteiger partial charge in [0, 0.05) is 13.1 Å². The molecule has 0 fully saturated rings. The number of fused-ring (bicyclic) bond motifs is 2. The van der Waals surface area contributed by atoms with Gasteiger partial charge in [-0.1, -0.05) is 79.7 Å². The quantitative estimate of drug-likeness (QED) is 0.402. The van der Waals surface area contributed by atoms with Crippen LogP contribution in [0.1, 0.15) is 18.1 Å². The van der Waals surface area contributed by atoms with E-state index < -0.39 is 7.12 Å². The van der Waals surface area contributed by atoms with Gasteiger partial charge < -0.3 is 10.0 Å². The van der Waals surface area contributed by atoms with Crippen LogP contribution in [0.25, 0.3) is 21.5 Å². The van der Waals surface area contributed by atoms with E-state index in [4.69, 9.17) is 0 Å². The van der Waals surface area contributed by atoms with Crippen LogP contribution < -0.4 is 5.46 Å². The zero-order valence-electron chi connectivity index (χ0n) is 16.0. The number of rotatable bonds is 6. The number of nitrogens with zero attached hydrogens (tertiary/aromatic N) is 1. The van der Waals surface area contributed by atoms with Crippen LogP contribution in [0, 0.1) is 0 Å². The van der Waals surface area contributed by atoms with Gasteiger partial charge in [0.1, 0.15) is 0 Å². The van der Waals surface area contributed by atoms with E-state index in [1.807, 2.05) is 18.2 Å². The molecule has 0 aliphatic rings. The third kappa shape index (κ3) is 3.67. The van der Waals surface area contributed by atoms with Gasteiger partial charge in [-0.05, 0) is 50.7 Å². The normalized spacial score (nSPS) is 11.4. The molecule has 0 saturated carbocycles. The molecule has 0 amide bonds. The molecule has 0 aliphatic heterocycles. The standard InChI is InChI=1S/C24H24BNO2/c1-2-26(16-20-11-5-8-14-24(20)25(27)28)17-23-21-12-6-3-9-18(21)15-19-10-4-7-13-22(19)23/h3-15,27-28H,2,16-17H2,1H3. The molecule has 4 aromatic carbocycles. The monoisotopic (exact) mass is 369 g/mol. The van der Waals surface area contributed by atoms with E-state index in [-0.39, 0.29) is 0 Å². The molecule has 0 saturated heterocycles. The molecular weight excluding hydrogens is 345 g/mol. The lowest BCUT2D eigenvalue weighted by Gasteiger charge is -2.24. The molecule has 0 radical (unpaired) electrons. The van der Waals surface area contributed by atoms with Gasteiger partial charge in [-0.2, -0.15) is 0 Å². The maximum Gasteiger partial charge on any atom is 0.488 e. The van der Waals surface area contributed by atoms with E-state index >= 15 is 0 Å². The first-order valence-electron chi connectivity index (χ1n) is 9.73. The second-order valence-corrected chi connectivity index (χ2v) is 7.17. The zero-order chi connectivity index (χ0) is 19.5. The van der Waals surface area contributed by atoms with E-state index in [1.54, 1.807) is 6.07 Å². The Bertz CT molecular complexity index is 1060. The molecule has 4 rings (SSSR count). The Balaban J connectivity index is 1.75. The fourth-order valence-electron chi connectivity index (χ4n) is 3.95. The van der Waals surface area contributed by atoms with Gasteiger partial charge in [0.15, 0.2) is 0 Å². The first kappa shape index (κ1) is 18.7. The highest BCUT2D eigenvalue weighted by Gasteiger charge is 2.18. The Kier molecular flexibility index (Phi) is 5.44. The number of benzene rings is 4. The molecule has 4 heteroatoms. The summed E-state index contributed by atoms with van der Waals surface area (Å²) >= 11 is 0. The van der Waals surface area contributed by atoms with E-state index in [2.05, 4.69) is 66.4 Å². The van der Waals surface area contributed by atoms with Crippen LogP contribution in [0.2, 0.25) is 0 Å². The lowest BCUT2D eigenvalue weighted by atomic mass is 9.77. The topological polar surface area (TPSA) is 43.7 Å². The Labute approximate surface area is 166 Å². The predicted molar refractivity (Wildman–Crippen MR) is 118 cm³/mol. The van der Waals surface area contributed by atoms with Crippen molar-refractivity contribution in [2.75, 3.05) is 6.54 Å². The van der Waals surface area contributed by atoms with Crippen molar-refractivity contribution < 1.29 is 10.0 Å². The van der Waals surface area contributed by atoms with Crippen LogP contribution in [0.15, 0.2) is 78.9 Å². The summed E-state index contributed by atoms with van der Waals surface area (Å²) in [7, 11) is -1.45. The van der Waals surface area contributed by atoms with E-state index in [0.717, 1.165) is 18.7 Å². The molecule has 2 N–H and O–H groups in total. The summed E-state index contributed by atoms with van der Waals surface area (Å²) in [5.41, 5.74) is 2.84. The number of hydrogen-bond acceptors (Lipinski definition) is 3. The smallest absolute Gasteiger partial charge is 0.423 e. The molecule has 4 aromatic rings. The number of hydrogen-bond donors (Lipinski definition) is 2. The summed E-state index contributed by atoms with van der Waals surface area (Å²) < 4.78 is 0. The molecule has 28 heavy (non-hydrogen) atoms. The Morgan fingerprint density at radius 1 is 0.750 bits per heavy atom. The summed E-state index contributed by atoms with van der Waals surface area (Å²) in [5.74, 6) is 0. The minimum atomic E-state index is -1.45. The molecule has 0 unspecified atom stereocenters. The van der Waals surface area contributed by atoms with E-state index in [1.165, 1.54) is 27.1 Å². The Morgan fingerprint density at radius 3 is 1.93 bits per heavy atom. The van der Waals surface area contributed by atoms with Gasteiger partial charge in [0.2, 0.25) is 0 Å². The zero-order valence-corrected chi connectivity index (χ0v) is 16.0. The highest BCUT2D eigenvalue weighted by molar-refractivity contribution is 6.59. The second kappa shape index (κ2) is 8.15. The van der Waals surface area contributed by atoms with Gasteiger partial charge in [0.25, 0.3) is 0 Å². The highest BCUT2D eigenvalue weighted by Crippen LogP contribution is 2.29. The molecule has 0 atom stereocenters. The van der Waals surface area contributed by atoms with Crippen LogP contribution in [-0.2, 0) is 13.1 Å². The summed E-state index contributed by atoms with van der Waals surface area (Å²) in [5, 5.41) is 24.4. The van der Waals surface area contributed by atoms with E-state index in [0.29, 0.717) is 12.0 Å². The molecule has 0 heterocycles. The molecule has 0 aliphatic carbocycles. The maximum atomic E-state index is 9.70. The van der Waals surface area contributed by atoms with Gasteiger partial charge in [-0.3, -0.25) is 4.90 Å². The van der Waals surface area contributed by atoms with Crippen LogP contribution >= 0.6 is 0 Å². The minimum Gasteiger partial charge on any atom is -0.423 e. The lowest BCUT2D eigenvalue weighted by molar-refractivity contribution is 0.273. The third-order valence-corrected chi connectivity index (χ3v) is 5.44. The van der Waals surface area contributed by atoms with Crippen molar-refractivity contribution in [3.8, 4) is 0 Å². The Morgan fingerprint density at radius 2 is 1.32 bits per heavy atom. The molecule has 140 valence electrons. The molecule has 0 aromatic heterocycles. The predicted octanol–water partition coefficient (Wildman–Crippen LogP) is 3.69. The fourth-order valence-corrected chi connectivity index (χ4v) is 3.95. The van der Waals surface area contributed by atoms with Crippen LogP contribution in [0.3, 0.4) is 0 Å². The van der Waals surface area contributed by atoms with Crippen molar-refractivity contribution in [1.29, 1.82) is 0 Å². The summed E-state index contributed by atoms with van der Waals surface area (Å²) in [6, 6.07) is 26.8.